The van der Waals surface area contributed by atoms with E-state index in [0.29, 0.717) is 0 Å². The quantitative estimate of drug-likeness (QED) is 0.560. The van der Waals surface area contributed by atoms with E-state index >= 15 is 0 Å². The number of hydrogen-bond donors (Lipinski definition) is 0. The molecule has 4 rings (SSSR count). The zero-order valence-electron chi connectivity index (χ0n) is 12.5. The van der Waals surface area contributed by atoms with Crippen molar-refractivity contribution in [1.82, 2.24) is 9.13 Å². The van der Waals surface area contributed by atoms with Gasteiger partial charge in [0.2, 0.25) is 5.49 Å². The number of imidazole rings is 1. The first kappa shape index (κ1) is 12.4. The minimum Gasteiger partial charge on any atom is -0.286 e. The molecule has 3 aromatic rings. The fourth-order valence-electron chi connectivity index (χ4n) is 3.23. The van der Waals surface area contributed by atoms with Crippen LogP contribution in [-0.4, -0.2) is 15.7 Å². The number of benzene rings is 1. The molecule has 0 saturated heterocycles. The van der Waals surface area contributed by atoms with Gasteiger partial charge in [-0.25, -0.2) is 4.57 Å². The van der Waals surface area contributed by atoms with Gasteiger partial charge < -0.3 is 0 Å². The number of nitrogens with zero attached hydrogens (tertiary/aromatic N) is 4. The van der Waals surface area contributed by atoms with Crippen LogP contribution in [0.15, 0.2) is 47.6 Å². The number of aryl methyl sites for hydroxylation is 3. The van der Waals surface area contributed by atoms with Gasteiger partial charge in [-0.2, -0.15) is 4.24 Å². The van der Waals surface area contributed by atoms with Crippen LogP contribution in [0.25, 0.3) is 11.0 Å². The van der Waals surface area contributed by atoms with E-state index in [9.17, 15) is 0 Å². The molecule has 1 aliphatic heterocycles. The maximum atomic E-state index is 4.80. The fourth-order valence-corrected chi connectivity index (χ4v) is 3.23. The molecule has 0 unspecified atom stereocenters. The number of pyridine rings is 1. The summed E-state index contributed by atoms with van der Waals surface area (Å²) >= 11 is 0. The lowest BCUT2D eigenvalue weighted by molar-refractivity contribution is -0.508. The van der Waals surface area contributed by atoms with E-state index in [1.54, 1.807) is 0 Å². The van der Waals surface area contributed by atoms with Crippen molar-refractivity contribution in [2.45, 2.75) is 19.9 Å². The molecule has 0 bridgehead atoms. The molecule has 0 atom stereocenters. The van der Waals surface area contributed by atoms with E-state index in [0.717, 1.165) is 30.6 Å². The molecule has 3 heterocycles. The molecule has 1 aromatic carbocycles. The van der Waals surface area contributed by atoms with Crippen LogP contribution in [0.4, 0.5) is 0 Å². The number of rotatable bonds is 0. The molecule has 1 aliphatic rings. The summed E-state index contributed by atoms with van der Waals surface area (Å²) in [5, 5.41) is 0. The highest BCUT2D eigenvalue weighted by Gasteiger charge is 2.19. The molecule has 0 radical (unpaired) electrons. The molecule has 0 spiro atoms. The number of para-hydroxylation sites is 1. The van der Waals surface area contributed by atoms with E-state index in [2.05, 4.69) is 69.9 Å². The van der Waals surface area contributed by atoms with Crippen molar-refractivity contribution >= 4 is 11.0 Å². The molecule has 4 nitrogen and oxygen atoms in total. The molecule has 4 heteroatoms. The van der Waals surface area contributed by atoms with Crippen LogP contribution in [0.3, 0.4) is 0 Å². The standard InChI is InChI=1S/C17H19N4/c1-13-7-5-8-14-16(13)21(15-9-3-4-11-19(15)2)17-18-10-6-12-20(14)17/h3-5,7-9,11H,6,10,12H2,1-2H3/q+1. The maximum absolute atomic E-state index is 4.80. The first-order chi connectivity index (χ1) is 10.3. The lowest BCUT2D eigenvalue weighted by Gasteiger charge is -2.01. The van der Waals surface area contributed by atoms with E-state index in [4.69, 9.17) is 4.99 Å². The van der Waals surface area contributed by atoms with Crippen molar-refractivity contribution in [2.75, 3.05) is 6.54 Å². The summed E-state index contributed by atoms with van der Waals surface area (Å²) in [4.78, 5) is 4.80. The third-order valence-corrected chi connectivity index (χ3v) is 4.22. The minimum atomic E-state index is 0.909. The number of hydrogen-bond acceptors (Lipinski definition) is 1. The van der Waals surface area contributed by atoms with Gasteiger partial charge in [0, 0.05) is 25.7 Å². The normalized spacial score (nSPS) is 15.7. The SMILES string of the molecule is Cc1cccc2c1/[n+](=c1/ccccn1C)c1n2CCCN=1. The average Bonchev–Trinajstić information content (AvgIpc) is 2.84. The highest BCUT2D eigenvalue weighted by Crippen LogP contribution is 2.14. The molecule has 106 valence electrons. The summed E-state index contributed by atoms with van der Waals surface area (Å²) in [5.74, 6) is 0. The lowest BCUT2D eigenvalue weighted by Crippen LogP contribution is -2.43. The van der Waals surface area contributed by atoms with Crippen LogP contribution in [0.5, 0.6) is 0 Å². The molecular formula is C17H19N4+. The minimum absolute atomic E-state index is 0.909. The summed E-state index contributed by atoms with van der Waals surface area (Å²) in [5.41, 5.74) is 6.04. The molecule has 0 amide bonds. The monoisotopic (exact) mass is 279 g/mol. The van der Waals surface area contributed by atoms with Gasteiger partial charge >= 0.3 is 5.62 Å². The Hall–Kier alpha value is -2.36. The Labute approximate surface area is 123 Å². The van der Waals surface area contributed by atoms with Gasteiger partial charge in [0.15, 0.2) is 0 Å². The van der Waals surface area contributed by atoms with Gasteiger partial charge in [0.05, 0.1) is 13.1 Å². The third kappa shape index (κ3) is 1.75. The molecule has 0 saturated carbocycles. The zero-order valence-corrected chi connectivity index (χ0v) is 12.5. The highest BCUT2D eigenvalue weighted by atomic mass is 15.2. The molecule has 2 aromatic heterocycles. The molecule has 0 fully saturated rings. The van der Waals surface area contributed by atoms with E-state index in [1.807, 2.05) is 0 Å². The van der Waals surface area contributed by atoms with Gasteiger partial charge in [-0.1, -0.05) is 18.2 Å². The Bertz CT molecular complexity index is 992. The Morgan fingerprint density at radius 1 is 1.14 bits per heavy atom. The Morgan fingerprint density at radius 2 is 2.05 bits per heavy atom. The van der Waals surface area contributed by atoms with Crippen molar-refractivity contribution in [3.05, 3.63) is 59.3 Å². The summed E-state index contributed by atoms with van der Waals surface area (Å²) in [6.45, 7) is 4.13. The van der Waals surface area contributed by atoms with Crippen LogP contribution >= 0.6 is 0 Å². The summed E-state index contributed by atoms with van der Waals surface area (Å²) in [7, 11) is 2.08. The molecule has 0 N–H and O–H groups in total. The second kappa shape index (κ2) is 4.58. The Kier molecular flexibility index (Phi) is 2.70. The first-order valence-corrected chi connectivity index (χ1v) is 7.44. The summed E-state index contributed by atoms with van der Waals surface area (Å²) in [6.07, 6.45) is 3.20. The van der Waals surface area contributed by atoms with Crippen molar-refractivity contribution in [3.63, 3.8) is 0 Å². The molecule has 21 heavy (non-hydrogen) atoms. The smallest absolute Gasteiger partial charge is 0.286 e. The van der Waals surface area contributed by atoms with E-state index in [1.165, 1.54) is 16.6 Å². The van der Waals surface area contributed by atoms with Crippen LogP contribution in [0, 0.1) is 12.4 Å². The zero-order chi connectivity index (χ0) is 14.4. The van der Waals surface area contributed by atoms with E-state index in [-0.39, 0.29) is 0 Å². The van der Waals surface area contributed by atoms with Crippen molar-refractivity contribution < 1.29 is 4.24 Å². The first-order valence-electron chi connectivity index (χ1n) is 7.44. The Morgan fingerprint density at radius 3 is 2.90 bits per heavy atom. The predicted molar refractivity (Wildman–Crippen MR) is 81.6 cm³/mol. The fraction of sp³-hybridized carbons (Fsp3) is 0.294. The van der Waals surface area contributed by atoms with Gasteiger partial charge in [-0.05, 0) is 24.6 Å². The second-order valence-corrected chi connectivity index (χ2v) is 5.63. The maximum Gasteiger partial charge on any atom is 0.354 e. The highest BCUT2D eigenvalue weighted by molar-refractivity contribution is 5.75. The van der Waals surface area contributed by atoms with Crippen LogP contribution in [0.2, 0.25) is 0 Å². The topological polar surface area (TPSA) is 28.1 Å². The number of fused-ring (bicyclic) bond motifs is 3. The lowest BCUT2D eigenvalue weighted by atomic mass is 10.2. The second-order valence-electron chi connectivity index (χ2n) is 5.63. The number of aromatic nitrogens is 3. The molecular weight excluding hydrogens is 260 g/mol. The molecule has 0 aliphatic carbocycles. The van der Waals surface area contributed by atoms with Crippen molar-refractivity contribution in [2.24, 2.45) is 12.0 Å². The Balaban J connectivity index is 2.44. The van der Waals surface area contributed by atoms with Crippen molar-refractivity contribution in [3.8, 4) is 0 Å². The van der Waals surface area contributed by atoms with Gasteiger partial charge in [-0.15, -0.1) is 4.99 Å². The van der Waals surface area contributed by atoms with Gasteiger partial charge in [0.25, 0.3) is 0 Å². The van der Waals surface area contributed by atoms with Gasteiger partial charge in [-0.3, -0.25) is 4.57 Å². The summed E-state index contributed by atoms with van der Waals surface area (Å²) in [6, 6.07) is 12.8. The predicted octanol–water partition coefficient (Wildman–Crippen LogP) is 1.68. The van der Waals surface area contributed by atoms with Crippen LogP contribution in [0.1, 0.15) is 12.0 Å². The third-order valence-electron chi connectivity index (χ3n) is 4.22. The van der Waals surface area contributed by atoms with Crippen LogP contribution < -0.4 is 9.86 Å². The summed E-state index contributed by atoms with van der Waals surface area (Å²) < 4.78 is 6.79. The average molecular weight is 279 g/mol. The largest absolute Gasteiger partial charge is 0.354 e. The van der Waals surface area contributed by atoms with Gasteiger partial charge in [0.1, 0.15) is 11.0 Å². The van der Waals surface area contributed by atoms with E-state index < -0.39 is 0 Å². The van der Waals surface area contributed by atoms with Crippen molar-refractivity contribution in [1.29, 1.82) is 0 Å². The van der Waals surface area contributed by atoms with Crippen LogP contribution in [-0.2, 0) is 13.6 Å².